The number of hydrogen-bond acceptors (Lipinski definition) is 3. The largest absolute Gasteiger partial charge is 0.490 e. The van der Waals surface area contributed by atoms with Gasteiger partial charge in [0.2, 0.25) is 0 Å². The smallest absolute Gasteiger partial charge is 0.251 e. The van der Waals surface area contributed by atoms with Crippen molar-refractivity contribution in [3.63, 3.8) is 0 Å². The first-order chi connectivity index (χ1) is 8.63. The Morgan fingerprint density at radius 2 is 2.06 bits per heavy atom. The van der Waals surface area contributed by atoms with Crippen molar-refractivity contribution in [2.24, 2.45) is 0 Å². The molecule has 0 saturated heterocycles. The van der Waals surface area contributed by atoms with Crippen LogP contribution in [0.15, 0.2) is 12.1 Å². The molecule has 1 N–H and O–H groups in total. The van der Waals surface area contributed by atoms with Gasteiger partial charge in [-0.25, -0.2) is 0 Å². The lowest BCUT2D eigenvalue weighted by Crippen LogP contribution is -2.18. The molecule has 0 heterocycles. The maximum Gasteiger partial charge on any atom is 0.251 e. The van der Waals surface area contributed by atoms with Crippen LogP contribution < -0.4 is 14.8 Å². The Morgan fingerprint density at radius 1 is 1.33 bits per heavy atom. The zero-order valence-electron chi connectivity index (χ0n) is 10.9. The van der Waals surface area contributed by atoms with Crippen molar-refractivity contribution in [3.05, 3.63) is 21.3 Å². The maximum absolute atomic E-state index is 11.6. The van der Waals surface area contributed by atoms with Crippen molar-refractivity contribution >= 4 is 28.5 Å². The minimum absolute atomic E-state index is 0.129. The zero-order valence-corrected chi connectivity index (χ0v) is 13.0. The molecule has 0 radical (unpaired) electrons. The van der Waals surface area contributed by atoms with Crippen LogP contribution in [0.4, 0.5) is 0 Å². The van der Waals surface area contributed by atoms with E-state index in [4.69, 9.17) is 9.47 Å². The van der Waals surface area contributed by atoms with Crippen LogP contribution in [0.5, 0.6) is 11.5 Å². The van der Waals surface area contributed by atoms with Crippen molar-refractivity contribution in [1.82, 2.24) is 5.32 Å². The molecular formula is C13H18INO3. The van der Waals surface area contributed by atoms with Crippen LogP contribution in [0.2, 0.25) is 0 Å². The summed E-state index contributed by atoms with van der Waals surface area (Å²) < 4.78 is 12.1. The van der Waals surface area contributed by atoms with Gasteiger partial charge >= 0.3 is 0 Å². The minimum atomic E-state index is -0.129. The summed E-state index contributed by atoms with van der Waals surface area (Å²) in [6.45, 7) is 5.13. The Kier molecular flexibility index (Phi) is 6.24. The second-order valence-electron chi connectivity index (χ2n) is 3.65. The first-order valence-corrected chi connectivity index (χ1v) is 7.03. The molecule has 1 aromatic rings. The van der Waals surface area contributed by atoms with E-state index >= 15 is 0 Å². The van der Waals surface area contributed by atoms with Gasteiger partial charge in [-0.1, -0.05) is 6.92 Å². The molecule has 4 nitrogen and oxygen atoms in total. The molecule has 5 heteroatoms. The topological polar surface area (TPSA) is 47.6 Å². The van der Waals surface area contributed by atoms with Crippen LogP contribution in [0.3, 0.4) is 0 Å². The lowest BCUT2D eigenvalue weighted by atomic mass is 10.2. The van der Waals surface area contributed by atoms with Crippen molar-refractivity contribution in [2.45, 2.75) is 20.3 Å². The van der Waals surface area contributed by atoms with E-state index in [0.29, 0.717) is 30.3 Å². The van der Waals surface area contributed by atoms with Crippen molar-refractivity contribution in [3.8, 4) is 11.5 Å². The van der Waals surface area contributed by atoms with Gasteiger partial charge in [-0.15, -0.1) is 0 Å². The van der Waals surface area contributed by atoms with Gasteiger partial charge in [0.15, 0.2) is 11.5 Å². The third-order valence-corrected chi connectivity index (χ3v) is 3.05. The average molecular weight is 363 g/mol. The molecule has 0 aliphatic rings. The van der Waals surface area contributed by atoms with Gasteiger partial charge in [0.25, 0.3) is 5.91 Å². The molecule has 18 heavy (non-hydrogen) atoms. The van der Waals surface area contributed by atoms with Gasteiger partial charge in [-0.3, -0.25) is 4.79 Å². The first kappa shape index (κ1) is 15.1. The highest BCUT2D eigenvalue weighted by Gasteiger charge is 2.15. The molecule has 0 bridgehead atoms. The van der Waals surface area contributed by atoms with E-state index in [2.05, 4.69) is 27.9 Å². The number of amides is 1. The van der Waals surface area contributed by atoms with E-state index in [1.165, 1.54) is 0 Å². The molecule has 0 fully saturated rings. The molecule has 0 unspecified atom stereocenters. The van der Waals surface area contributed by atoms with E-state index in [1.54, 1.807) is 19.2 Å². The van der Waals surface area contributed by atoms with Crippen molar-refractivity contribution < 1.29 is 14.3 Å². The fourth-order valence-corrected chi connectivity index (χ4v) is 2.21. The lowest BCUT2D eigenvalue weighted by Gasteiger charge is -2.14. The van der Waals surface area contributed by atoms with Gasteiger partial charge in [0, 0.05) is 12.6 Å². The van der Waals surface area contributed by atoms with Crippen LogP contribution in [-0.4, -0.2) is 26.2 Å². The molecule has 0 spiro atoms. The first-order valence-electron chi connectivity index (χ1n) is 5.95. The molecule has 0 aliphatic carbocycles. The van der Waals surface area contributed by atoms with Crippen LogP contribution >= 0.6 is 22.6 Å². The average Bonchev–Trinajstić information content (AvgIpc) is 2.37. The highest BCUT2D eigenvalue weighted by atomic mass is 127. The maximum atomic E-state index is 11.6. The van der Waals surface area contributed by atoms with E-state index in [9.17, 15) is 4.79 Å². The molecule has 0 aliphatic heterocycles. The third-order valence-electron chi connectivity index (χ3n) is 2.25. The molecule has 1 rings (SSSR count). The van der Waals surface area contributed by atoms with Gasteiger partial charge in [0.05, 0.1) is 16.8 Å². The summed E-state index contributed by atoms with van der Waals surface area (Å²) in [7, 11) is 1.61. The van der Waals surface area contributed by atoms with Crippen molar-refractivity contribution in [1.29, 1.82) is 0 Å². The number of carbonyl (C=O) groups is 1. The van der Waals surface area contributed by atoms with Crippen molar-refractivity contribution in [2.75, 3.05) is 20.3 Å². The SMILES string of the molecule is CCCOc1c(I)cc(C(=O)NC)cc1OCC. The summed E-state index contributed by atoms with van der Waals surface area (Å²) in [4.78, 5) is 11.6. The van der Waals surface area contributed by atoms with Crippen LogP contribution in [-0.2, 0) is 0 Å². The monoisotopic (exact) mass is 363 g/mol. The Morgan fingerprint density at radius 3 is 2.61 bits per heavy atom. The normalized spacial score (nSPS) is 10.0. The molecule has 1 amide bonds. The summed E-state index contributed by atoms with van der Waals surface area (Å²) in [6.07, 6.45) is 0.929. The Bertz CT molecular complexity index is 421. The van der Waals surface area contributed by atoms with E-state index < -0.39 is 0 Å². The third kappa shape index (κ3) is 3.76. The molecule has 100 valence electrons. The van der Waals surface area contributed by atoms with E-state index in [1.807, 2.05) is 13.8 Å². The predicted octanol–water partition coefficient (Wildman–Crippen LogP) is 2.84. The van der Waals surface area contributed by atoms with E-state index in [-0.39, 0.29) is 5.91 Å². The van der Waals surface area contributed by atoms with Gasteiger partial charge in [0.1, 0.15) is 0 Å². The summed E-state index contributed by atoms with van der Waals surface area (Å²) in [5.41, 5.74) is 0.578. The fraction of sp³-hybridized carbons (Fsp3) is 0.462. The number of benzene rings is 1. The Labute approximate surface area is 121 Å². The fourth-order valence-electron chi connectivity index (χ4n) is 1.45. The molecule has 0 aromatic heterocycles. The van der Waals surface area contributed by atoms with Crippen LogP contribution in [0.1, 0.15) is 30.6 Å². The number of nitrogens with one attached hydrogen (secondary N) is 1. The zero-order chi connectivity index (χ0) is 13.5. The van der Waals surface area contributed by atoms with E-state index in [0.717, 1.165) is 9.99 Å². The summed E-state index contributed by atoms with van der Waals surface area (Å²) in [6, 6.07) is 3.52. The molecule has 0 atom stereocenters. The second-order valence-corrected chi connectivity index (χ2v) is 4.81. The summed E-state index contributed by atoms with van der Waals surface area (Å²) in [5.74, 6) is 1.21. The quantitative estimate of drug-likeness (QED) is 0.791. The molecule has 0 saturated carbocycles. The lowest BCUT2D eigenvalue weighted by molar-refractivity contribution is 0.0962. The highest BCUT2D eigenvalue weighted by molar-refractivity contribution is 14.1. The highest BCUT2D eigenvalue weighted by Crippen LogP contribution is 2.34. The number of ether oxygens (including phenoxy) is 2. The Balaban J connectivity index is 3.13. The predicted molar refractivity (Wildman–Crippen MR) is 79.5 cm³/mol. The molecule has 1 aromatic carbocycles. The standard InChI is InChI=1S/C13H18INO3/c1-4-6-18-12-10(14)7-9(13(16)15-3)8-11(12)17-5-2/h7-8H,4-6H2,1-3H3,(H,15,16). The van der Waals surface area contributed by atoms with Gasteiger partial charge in [-0.05, 0) is 48.1 Å². The summed E-state index contributed by atoms with van der Waals surface area (Å²) in [5, 5.41) is 2.60. The number of carbonyl (C=O) groups excluding carboxylic acids is 1. The number of hydrogen-bond donors (Lipinski definition) is 1. The number of rotatable bonds is 6. The van der Waals surface area contributed by atoms with Gasteiger partial charge in [-0.2, -0.15) is 0 Å². The van der Waals surface area contributed by atoms with Gasteiger partial charge < -0.3 is 14.8 Å². The second kappa shape index (κ2) is 7.45. The molecular weight excluding hydrogens is 345 g/mol. The number of halogens is 1. The minimum Gasteiger partial charge on any atom is -0.490 e. The summed E-state index contributed by atoms with van der Waals surface area (Å²) >= 11 is 2.16. The van der Waals surface area contributed by atoms with Crippen LogP contribution in [0.25, 0.3) is 0 Å². The Hall–Kier alpha value is -0.980. The van der Waals surface area contributed by atoms with Crippen LogP contribution in [0, 0.1) is 3.57 Å².